The summed E-state index contributed by atoms with van der Waals surface area (Å²) < 4.78 is 26.2. The van der Waals surface area contributed by atoms with E-state index in [1.165, 1.54) is 23.5 Å². The summed E-state index contributed by atoms with van der Waals surface area (Å²) in [4.78, 5) is 1.79. The maximum atomic E-state index is 12.5. The van der Waals surface area contributed by atoms with Crippen molar-refractivity contribution in [3.05, 3.63) is 27.7 Å². The van der Waals surface area contributed by atoms with Gasteiger partial charge < -0.3 is 10.0 Å². The van der Waals surface area contributed by atoms with E-state index in [1.807, 2.05) is 19.0 Å². The van der Waals surface area contributed by atoms with Crippen LogP contribution in [0.1, 0.15) is 5.56 Å². The molecule has 0 atom stereocenters. The second kappa shape index (κ2) is 7.06. The van der Waals surface area contributed by atoms with E-state index in [-0.39, 0.29) is 21.5 Å². The Labute approximate surface area is 129 Å². The number of hydrogen-bond acceptors (Lipinski definition) is 4. The SMILES string of the molecule is CN(C)CCN(C)S(=O)(=O)c1cc(Cl)cc(CO)c1Cl. The molecule has 0 fully saturated rings. The number of aliphatic hydroxyl groups excluding tert-OH is 1. The van der Waals surface area contributed by atoms with Crippen molar-refractivity contribution in [2.45, 2.75) is 11.5 Å². The van der Waals surface area contributed by atoms with Gasteiger partial charge in [0.1, 0.15) is 4.90 Å². The second-order valence-electron chi connectivity index (χ2n) is 4.66. The molecule has 20 heavy (non-hydrogen) atoms. The topological polar surface area (TPSA) is 60.9 Å². The summed E-state index contributed by atoms with van der Waals surface area (Å²) in [7, 11) is 1.46. The van der Waals surface area contributed by atoms with Crippen LogP contribution in [-0.2, 0) is 16.6 Å². The molecule has 0 aromatic heterocycles. The van der Waals surface area contributed by atoms with E-state index in [0.29, 0.717) is 18.7 Å². The summed E-state index contributed by atoms with van der Waals surface area (Å²) in [5, 5.41) is 9.42. The Bertz CT molecular complexity index is 576. The van der Waals surface area contributed by atoms with Gasteiger partial charge in [0, 0.05) is 25.2 Å². The molecule has 1 aromatic carbocycles. The van der Waals surface area contributed by atoms with Gasteiger partial charge >= 0.3 is 0 Å². The van der Waals surface area contributed by atoms with E-state index in [9.17, 15) is 13.5 Å². The van der Waals surface area contributed by atoms with Gasteiger partial charge in [-0.15, -0.1) is 0 Å². The largest absolute Gasteiger partial charge is 0.392 e. The molecule has 5 nitrogen and oxygen atoms in total. The van der Waals surface area contributed by atoms with Crippen LogP contribution in [0.15, 0.2) is 17.0 Å². The molecular weight excluding hydrogens is 323 g/mol. The van der Waals surface area contributed by atoms with Crippen molar-refractivity contribution in [2.24, 2.45) is 0 Å². The lowest BCUT2D eigenvalue weighted by Gasteiger charge is -2.20. The Kier molecular flexibility index (Phi) is 6.25. The number of aliphatic hydroxyl groups is 1. The first kappa shape index (κ1) is 17.7. The lowest BCUT2D eigenvalue weighted by atomic mass is 10.2. The molecule has 114 valence electrons. The smallest absolute Gasteiger partial charge is 0.244 e. The fraction of sp³-hybridized carbons (Fsp3) is 0.500. The highest BCUT2D eigenvalue weighted by atomic mass is 35.5. The van der Waals surface area contributed by atoms with Crippen molar-refractivity contribution in [2.75, 3.05) is 34.2 Å². The summed E-state index contributed by atoms with van der Waals surface area (Å²) in [6.45, 7) is 0.538. The van der Waals surface area contributed by atoms with E-state index in [1.54, 1.807) is 0 Å². The van der Waals surface area contributed by atoms with Gasteiger partial charge in [-0.2, -0.15) is 4.31 Å². The van der Waals surface area contributed by atoms with Gasteiger partial charge in [-0.25, -0.2) is 8.42 Å². The summed E-state index contributed by atoms with van der Waals surface area (Å²) in [5.74, 6) is 0. The van der Waals surface area contributed by atoms with Gasteiger partial charge in [0.25, 0.3) is 0 Å². The fourth-order valence-electron chi connectivity index (χ4n) is 1.55. The van der Waals surface area contributed by atoms with Crippen LogP contribution in [0, 0.1) is 0 Å². The van der Waals surface area contributed by atoms with Crippen molar-refractivity contribution in [1.29, 1.82) is 0 Å². The average Bonchev–Trinajstić information content (AvgIpc) is 2.37. The molecule has 0 saturated carbocycles. The highest BCUT2D eigenvalue weighted by Gasteiger charge is 2.25. The Morgan fingerprint density at radius 1 is 1.15 bits per heavy atom. The molecule has 8 heteroatoms. The van der Waals surface area contributed by atoms with Crippen LogP contribution in [0.2, 0.25) is 10.0 Å². The first-order valence-corrected chi connectivity index (χ1v) is 8.09. The summed E-state index contributed by atoms with van der Waals surface area (Å²) >= 11 is 11.9. The predicted octanol–water partition coefficient (Wildman–Crippen LogP) is 1.67. The number of hydrogen-bond donors (Lipinski definition) is 1. The van der Waals surface area contributed by atoms with E-state index < -0.39 is 10.0 Å². The minimum Gasteiger partial charge on any atom is -0.392 e. The van der Waals surface area contributed by atoms with Gasteiger partial charge in [0.05, 0.1) is 11.6 Å². The first-order valence-electron chi connectivity index (χ1n) is 5.90. The molecule has 0 saturated heterocycles. The number of benzene rings is 1. The molecule has 0 bridgehead atoms. The standard InChI is InChI=1S/C12H18Cl2N2O3S/c1-15(2)4-5-16(3)20(18,19)11-7-10(13)6-9(8-17)12(11)14/h6-7,17H,4-5,8H2,1-3H3. The van der Waals surface area contributed by atoms with Gasteiger partial charge in [-0.05, 0) is 31.8 Å². The third-order valence-corrected chi connectivity index (χ3v) is 5.46. The quantitative estimate of drug-likeness (QED) is 0.855. The van der Waals surface area contributed by atoms with Crippen LogP contribution < -0.4 is 0 Å². The number of rotatable bonds is 6. The zero-order valence-corrected chi connectivity index (χ0v) is 13.9. The van der Waals surface area contributed by atoms with Crippen molar-refractivity contribution in [3.63, 3.8) is 0 Å². The summed E-state index contributed by atoms with van der Waals surface area (Å²) in [6.07, 6.45) is 0. The van der Waals surface area contributed by atoms with Crippen molar-refractivity contribution in [3.8, 4) is 0 Å². The van der Waals surface area contributed by atoms with Crippen LogP contribution in [0.25, 0.3) is 0 Å². The second-order valence-corrected chi connectivity index (χ2v) is 7.49. The van der Waals surface area contributed by atoms with Crippen LogP contribution >= 0.6 is 23.2 Å². The Morgan fingerprint density at radius 2 is 1.75 bits per heavy atom. The summed E-state index contributed by atoms with van der Waals surface area (Å²) in [6, 6.07) is 2.74. The number of halogens is 2. The monoisotopic (exact) mass is 340 g/mol. The van der Waals surface area contributed by atoms with Gasteiger partial charge in [0.15, 0.2) is 0 Å². The number of likely N-dealkylation sites (N-methyl/N-ethyl adjacent to an activating group) is 2. The molecule has 0 spiro atoms. The van der Waals surface area contributed by atoms with Crippen LogP contribution in [0.5, 0.6) is 0 Å². The molecule has 1 N–H and O–H groups in total. The highest BCUT2D eigenvalue weighted by molar-refractivity contribution is 7.89. The molecule has 1 aromatic rings. The van der Waals surface area contributed by atoms with E-state index in [4.69, 9.17) is 23.2 Å². The van der Waals surface area contributed by atoms with Gasteiger partial charge in [-0.3, -0.25) is 0 Å². The molecule has 0 aliphatic rings. The molecule has 1 rings (SSSR count). The lowest BCUT2D eigenvalue weighted by molar-refractivity contribution is 0.281. The molecule has 0 amide bonds. The van der Waals surface area contributed by atoms with E-state index >= 15 is 0 Å². The van der Waals surface area contributed by atoms with Crippen molar-refractivity contribution >= 4 is 33.2 Å². The molecule has 0 unspecified atom stereocenters. The highest BCUT2D eigenvalue weighted by Crippen LogP contribution is 2.31. The number of nitrogens with zero attached hydrogens (tertiary/aromatic N) is 2. The van der Waals surface area contributed by atoms with Gasteiger partial charge in [-0.1, -0.05) is 23.2 Å². The van der Waals surface area contributed by atoms with Crippen molar-refractivity contribution in [1.82, 2.24) is 9.21 Å². The van der Waals surface area contributed by atoms with Gasteiger partial charge in [0.2, 0.25) is 10.0 Å². The van der Waals surface area contributed by atoms with E-state index in [0.717, 1.165) is 0 Å². The first-order chi connectivity index (χ1) is 9.20. The predicted molar refractivity (Wildman–Crippen MR) is 80.8 cm³/mol. The fourth-order valence-corrected chi connectivity index (χ4v) is 3.61. The van der Waals surface area contributed by atoms with Crippen LogP contribution in [0.3, 0.4) is 0 Å². The molecule has 0 aliphatic carbocycles. The maximum Gasteiger partial charge on any atom is 0.244 e. The van der Waals surface area contributed by atoms with E-state index in [2.05, 4.69) is 0 Å². The van der Waals surface area contributed by atoms with Crippen LogP contribution in [-0.4, -0.2) is 57.0 Å². The molecule has 0 heterocycles. The zero-order valence-electron chi connectivity index (χ0n) is 11.6. The Balaban J connectivity index is 3.18. The number of sulfonamides is 1. The Morgan fingerprint density at radius 3 is 2.25 bits per heavy atom. The average molecular weight is 341 g/mol. The normalized spacial score (nSPS) is 12.4. The molecular formula is C12H18Cl2N2O3S. The lowest BCUT2D eigenvalue weighted by Crippen LogP contribution is -2.33. The minimum absolute atomic E-state index is 0.00797. The van der Waals surface area contributed by atoms with Crippen LogP contribution in [0.4, 0.5) is 0 Å². The zero-order chi connectivity index (χ0) is 15.5. The van der Waals surface area contributed by atoms with Crippen molar-refractivity contribution < 1.29 is 13.5 Å². The third kappa shape index (κ3) is 4.07. The third-order valence-electron chi connectivity index (χ3n) is 2.80. The molecule has 0 radical (unpaired) electrons. The minimum atomic E-state index is -3.74. The summed E-state index contributed by atoms with van der Waals surface area (Å²) in [5.41, 5.74) is 0.291. The maximum absolute atomic E-state index is 12.5. The molecule has 0 aliphatic heterocycles. The Hall–Kier alpha value is -0.370.